The zero-order chi connectivity index (χ0) is 28.2. The van der Waals surface area contributed by atoms with Crippen molar-refractivity contribution in [3.8, 4) is 11.1 Å². The third-order valence-electron chi connectivity index (χ3n) is 7.14. The molecule has 8 nitrogen and oxygen atoms in total. The normalized spacial score (nSPS) is 12.3. The second-order valence-electron chi connectivity index (χ2n) is 9.34. The molecule has 0 unspecified atom stereocenters. The van der Waals surface area contributed by atoms with Crippen LogP contribution in [0.5, 0.6) is 0 Å². The number of aromatic nitrogens is 1. The van der Waals surface area contributed by atoms with Crippen LogP contribution in [0, 0.1) is 0 Å². The molecule has 0 aliphatic heterocycles. The van der Waals surface area contributed by atoms with E-state index in [0.29, 0.717) is 50.1 Å². The highest BCUT2D eigenvalue weighted by Gasteiger charge is 2.34. The molecule has 1 aliphatic rings. The highest BCUT2D eigenvalue weighted by molar-refractivity contribution is 7.86. The molecule has 1 aromatic heterocycles. The number of nitrogens with one attached hydrogen (secondary N) is 1. The molecule has 0 fully saturated rings. The zero-order valence-corrected chi connectivity index (χ0v) is 22.3. The molecule has 1 N–H and O–H groups in total. The summed E-state index contributed by atoms with van der Waals surface area (Å²) in [6, 6.07) is 24.9. The molecule has 0 amide bonds. The smallest absolute Gasteiger partial charge is 0.296 e. The molecule has 0 atom stereocenters. The number of fused-ring (bicyclic) bond motifs is 2. The Morgan fingerprint density at radius 1 is 0.800 bits per heavy atom. The molecular weight excluding hydrogens is 528 g/mol. The van der Waals surface area contributed by atoms with Crippen molar-refractivity contribution in [2.24, 2.45) is 7.05 Å². The first-order chi connectivity index (χ1) is 19.2. The van der Waals surface area contributed by atoms with Gasteiger partial charge in [-0.1, -0.05) is 54.6 Å². The van der Waals surface area contributed by atoms with E-state index in [1.54, 1.807) is 85.9 Å². The molecule has 0 saturated carbocycles. The van der Waals surface area contributed by atoms with Crippen molar-refractivity contribution >= 4 is 44.0 Å². The second kappa shape index (κ2) is 9.41. The van der Waals surface area contributed by atoms with Gasteiger partial charge >= 0.3 is 0 Å². The van der Waals surface area contributed by atoms with Crippen LogP contribution >= 0.6 is 0 Å². The summed E-state index contributed by atoms with van der Waals surface area (Å²) in [5, 5.41) is 3.71. The molecule has 5 aromatic rings. The second-order valence-corrected chi connectivity index (χ2v) is 11.0. The van der Waals surface area contributed by atoms with Crippen LogP contribution < -0.4 is 10.9 Å². The average Bonchev–Trinajstić information content (AvgIpc) is 2.98. The minimum absolute atomic E-state index is 0.00586. The first-order valence-electron chi connectivity index (χ1n) is 12.3. The van der Waals surface area contributed by atoms with Gasteiger partial charge in [0, 0.05) is 34.8 Å². The van der Waals surface area contributed by atoms with E-state index in [4.69, 9.17) is 0 Å². The predicted molar refractivity (Wildman–Crippen MR) is 152 cm³/mol. The summed E-state index contributed by atoms with van der Waals surface area (Å²) < 4.78 is 30.0. The fourth-order valence-electron chi connectivity index (χ4n) is 5.18. The molecule has 0 radical (unpaired) electrons. The Morgan fingerprint density at radius 3 is 2.12 bits per heavy atom. The van der Waals surface area contributed by atoms with Gasteiger partial charge in [-0.15, -0.1) is 0 Å². The summed E-state index contributed by atoms with van der Waals surface area (Å²) >= 11 is 0. The largest absolute Gasteiger partial charge is 0.355 e. The molecule has 0 bridgehead atoms. The number of rotatable bonds is 6. The zero-order valence-electron chi connectivity index (χ0n) is 21.5. The number of aryl methyl sites for hydroxylation is 1. The lowest BCUT2D eigenvalue weighted by atomic mass is 9.80. The maximum Gasteiger partial charge on any atom is 0.296 e. The van der Waals surface area contributed by atoms with Crippen LogP contribution in [0.15, 0.2) is 101 Å². The molecule has 198 valence electrons. The molecule has 1 aliphatic carbocycles. The van der Waals surface area contributed by atoms with Crippen molar-refractivity contribution in [3.05, 3.63) is 124 Å². The fourth-order valence-corrected chi connectivity index (χ4v) is 5.84. The summed E-state index contributed by atoms with van der Waals surface area (Å²) in [5.74, 6) is -0.687. The summed E-state index contributed by atoms with van der Waals surface area (Å²) in [6.45, 7) is 0. The Balaban J connectivity index is 1.63. The number of carbonyl (C=O) groups excluding carboxylic acids is 2. The monoisotopic (exact) mass is 550 g/mol. The Hall–Kier alpha value is -4.86. The van der Waals surface area contributed by atoms with E-state index in [1.165, 1.54) is 16.7 Å². The average molecular weight is 551 g/mol. The number of pyridine rings is 1. The topological polar surface area (TPSA) is 112 Å². The van der Waals surface area contributed by atoms with Crippen LogP contribution in [-0.2, 0) is 21.3 Å². The van der Waals surface area contributed by atoms with Crippen molar-refractivity contribution < 1.29 is 22.2 Å². The third-order valence-corrected chi connectivity index (χ3v) is 8.42. The van der Waals surface area contributed by atoms with Crippen LogP contribution in [0.1, 0.15) is 31.8 Å². The standard InChI is InChI=1S/C31H22N2O6S/c1-33-24-17-16-23(32-19-12-14-20(15-13-19)40(37,38)39-2)26-27(24)25(21-10-6-7-11-22(21)30(26)35)28(31(33)36)29(34)18-8-4-3-5-9-18/h3-17,32H,1-2H3. The first kappa shape index (κ1) is 25.4. The van der Waals surface area contributed by atoms with Crippen molar-refractivity contribution in [1.82, 2.24) is 4.57 Å². The van der Waals surface area contributed by atoms with Crippen molar-refractivity contribution in [3.63, 3.8) is 0 Å². The number of carbonyl (C=O) groups is 2. The van der Waals surface area contributed by atoms with Crippen LogP contribution in [0.2, 0.25) is 0 Å². The van der Waals surface area contributed by atoms with Gasteiger partial charge in [0.15, 0.2) is 11.6 Å². The SMILES string of the molecule is COS(=O)(=O)c1ccc(Nc2ccc3c4c2C(=O)c2ccccc2-c4c(C(=O)c2ccccc2)c(=O)n3C)cc1. The highest BCUT2D eigenvalue weighted by atomic mass is 32.2. The lowest BCUT2D eigenvalue weighted by Gasteiger charge is -2.25. The summed E-state index contributed by atoms with van der Waals surface area (Å²) in [5.41, 5.74) is 3.03. The molecule has 6 rings (SSSR count). The van der Waals surface area contributed by atoms with Gasteiger partial charge in [0.05, 0.1) is 34.3 Å². The van der Waals surface area contributed by atoms with Crippen molar-refractivity contribution in [2.45, 2.75) is 4.90 Å². The van der Waals surface area contributed by atoms with Gasteiger partial charge in [-0.05, 0) is 42.0 Å². The van der Waals surface area contributed by atoms with Crippen LogP contribution in [0.4, 0.5) is 11.4 Å². The Kier molecular flexibility index (Phi) is 5.98. The summed E-state index contributed by atoms with van der Waals surface area (Å²) in [7, 11) is -1.19. The molecule has 4 aromatic carbocycles. The molecular formula is C31H22N2O6S. The van der Waals surface area contributed by atoms with Crippen LogP contribution in [0.25, 0.3) is 22.0 Å². The lowest BCUT2D eigenvalue weighted by Crippen LogP contribution is -2.29. The van der Waals surface area contributed by atoms with E-state index in [-0.39, 0.29) is 16.2 Å². The van der Waals surface area contributed by atoms with Gasteiger partial charge in [0.1, 0.15) is 0 Å². The maximum atomic E-state index is 14.0. The van der Waals surface area contributed by atoms with Gasteiger partial charge < -0.3 is 9.88 Å². The predicted octanol–water partition coefficient (Wildman–Crippen LogP) is 5.06. The summed E-state index contributed by atoms with van der Waals surface area (Å²) in [6.07, 6.45) is 0. The lowest BCUT2D eigenvalue weighted by molar-refractivity contribution is 0.102. The molecule has 40 heavy (non-hydrogen) atoms. The van der Waals surface area contributed by atoms with E-state index in [9.17, 15) is 22.8 Å². The van der Waals surface area contributed by atoms with E-state index in [2.05, 4.69) is 9.50 Å². The van der Waals surface area contributed by atoms with E-state index < -0.39 is 21.5 Å². The molecule has 1 heterocycles. The number of anilines is 2. The van der Waals surface area contributed by atoms with Gasteiger partial charge in [0.2, 0.25) is 0 Å². The molecule has 0 spiro atoms. The van der Waals surface area contributed by atoms with Gasteiger partial charge in [-0.2, -0.15) is 8.42 Å². The fraction of sp³-hybridized carbons (Fsp3) is 0.0645. The number of hydrogen-bond acceptors (Lipinski definition) is 7. The van der Waals surface area contributed by atoms with Gasteiger partial charge in [0.25, 0.3) is 15.7 Å². The number of ketones is 2. The van der Waals surface area contributed by atoms with Crippen molar-refractivity contribution in [2.75, 3.05) is 12.4 Å². The van der Waals surface area contributed by atoms with Gasteiger partial charge in [-0.3, -0.25) is 18.6 Å². The van der Waals surface area contributed by atoms with E-state index in [1.807, 2.05) is 0 Å². The van der Waals surface area contributed by atoms with E-state index >= 15 is 0 Å². The third kappa shape index (κ3) is 3.86. The van der Waals surface area contributed by atoms with Crippen molar-refractivity contribution in [1.29, 1.82) is 0 Å². The quantitative estimate of drug-likeness (QED) is 0.228. The highest BCUT2D eigenvalue weighted by Crippen LogP contribution is 2.44. The Morgan fingerprint density at radius 2 is 1.45 bits per heavy atom. The summed E-state index contributed by atoms with van der Waals surface area (Å²) in [4.78, 5) is 41.5. The molecule has 0 saturated heterocycles. The minimum atomic E-state index is -3.86. The number of hydrogen-bond donors (Lipinski definition) is 1. The van der Waals surface area contributed by atoms with Gasteiger partial charge in [-0.25, -0.2) is 0 Å². The molecule has 9 heteroatoms. The number of nitrogens with zero attached hydrogens (tertiary/aromatic N) is 1. The maximum absolute atomic E-state index is 14.0. The Bertz CT molecular complexity index is 2030. The number of benzene rings is 4. The van der Waals surface area contributed by atoms with Crippen LogP contribution in [0.3, 0.4) is 0 Å². The first-order valence-corrected chi connectivity index (χ1v) is 13.7. The van der Waals surface area contributed by atoms with Crippen LogP contribution in [-0.4, -0.2) is 31.7 Å². The minimum Gasteiger partial charge on any atom is -0.355 e. The van der Waals surface area contributed by atoms with E-state index in [0.717, 1.165) is 7.11 Å². The Labute approximate surface area is 229 Å².